The Morgan fingerprint density at radius 1 is 1.24 bits per heavy atom. The first-order valence-corrected chi connectivity index (χ1v) is 7.08. The number of benzene rings is 1. The van der Waals surface area contributed by atoms with Crippen LogP contribution < -0.4 is 5.32 Å². The minimum absolute atomic E-state index is 0.529. The molecule has 2 unspecified atom stereocenters. The Morgan fingerprint density at radius 2 is 2.00 bits per heavy atom. The molecule has 0 bridgehead atoms. The highest BCUT2D eigenvalue weighted by molar-refractivity contribution is 5.23. The Bertz CT molecular complexity index is 329. The summed E-state index contributed by atoms with van der Waals surface area (Å²) >= 11 is 0. The number of hydrogen-bond donors (Lipinski definition) is 1. The van der Waals surface area contributed by atoms with E-state index in [2.05, 4.69) is 49.5 Å². The molecule has 2 rings (SSSR count). The van der Waals surface area contributed by atoms with Gasteiger partial charge >= 0.3 is 0 Å². The molecule has 0 saturated carbocycles. The lowest BCUT2D eigenvalue weighted by Crippen LogP contribution is -2.43. The van der Waals surface area contributed by atoms with E-state index >= 15 is 0 Å². The summed E-state index contributed by atoms with van der Waals surface area (Å²) in [4.78, 5) is 0. The van der Waals surface area contributed by atoms with Gasteiger partial charge in [0.1, 0.15) is 0 Å². The van der Waals surface area contributed by atoms with Crippen LogP contribution in [0.15, 0.2) is 30.3 Å². The molecule has 0 spiro atoms. The van der Waals surface area contributed by atoms with E-state index in [1.807, 2.05) is 0 Å². The average Bonchev–Trinajstić information content (AvgIpc) is 2.40. The van der Waals surface area contributed by atoms with Crippen molar-refractivity contribution in [2.24, 2.45) is 5.41 Å². The number of piperidine rings is 1. The Labute approximate surface area is 106 Å². The number of hydrogen-bond acceptors (Lipinski definition) is 1. The molecule has 1 nitrogen and oxygen atoms in total. The molecule has 0 amide bonds. The zero-order chi connectivity index (χ0) is 12.1. The maximum absolute atomic E-state index is 3.58. The lowest BCUT2D eigenvalue weighted by atomic mass is 9.64. The summed E-state index contributed by atoms with van der Waals surface area (Å²) < 4.78 is 0. The van der Waals surface area contributed by atoms with Crippen molar-refractivity contribution in [2.75, 3.05) is 13.1 Å². The summed E-state index contributed by atoms with van der Waals surface area (Å²) in [7, 11) is 0. The van der Waals surface area contributed by atoms with Gasteiger partial charge in [-0.1, -0.05) is 50.6 Å². The van der Waals surface area contributed by atoms with Gasteiger partial charge in [-0.2, -0.15) is 0 Å². The van der Waals surface area contributed by atoms with E-state index in [1.165, 1.54) is 37.8 Å². The third-order valence-electron chi connectivity index (χ3n) is 4.54. The van der Waals surface area contributed by atoms with Crippen molar-refractivity contribution < 1.29 is 0 Å². The molecule has 1 aromatic rings. The molecule has 1 aromatic carbocycles. The fourth-order valence-electron chi connectivity index (χ4n) is 3.53. The number of nitrogens with one attached hydrogen (secondary N) is 1. The van der Waals surface area contributed by atoms with Crippen LogP contribution in [0.25, 0.3) is 0 Å². The molecule has 1 aliphatic heterocycles. The molecule has 17 heavy (non-hydrogen) atoms. The first kappa shape index (κ1) is 12.6. The van der Waals surface area contributed by atoms with Crippen LogP contribution in [0.2, 0.25) is 0 Å². The molecule has 1 aliphatic rings. The maximum atomic E-state index is 3.58. The van der Waals surface area contributed by atoms with E-state index in [1.54, 1.807) is 0 Å². The van der Waals surface area contributed by atoms with Gasteiger partial charge in [0, 0.05) is 12.5 Å². The van der Waals surface area contributed by atoms with Crippen LogP contribution in [0.1, 0.15) is 51.0 Å². The highest BCUT2D eigenvalue weighted by atomic mass is 14.9. The summed E-state index contributed by atoms with van der Waals surface area (Å²) in [6, 6.07) is 11.1. The van der Waals surface area contributed by atoms with Crippen molar-refractivity contribution in [2.45, 2.75) is 45.4 Å². The second kappa shape index (κ2) is 5.68. The molecule has 1 fully saturated rings. The van der Waals surface area contributed by atoms with Crippen LogP contribution in [0.3, 0.4) is 0 Å². The second-order valence-electron chi connectivity index (χ2n) is 5.38. The van der Waals surface area contributed by atoms with Crippen molar-refractivity contribution in [1.82, 2.24) is 5.32 Å². The molecule has 0 aliphatic carbocycles. The van der Waals surface area contributed by atoms with Crippen molar-refractivity contribution >= 4 is 0 Å². The average molecular weight is 231 g/mol. The third-order valence-corrected chi connectivity index (χ3v) is 4.54. The Morgan fingerprint density at radius 3 is 2.65 bits per heavy atom. The van der Waals surface area contributed by atoms with Crippen LogP contribution in [0.4, 0.5) is 0 Å². The molecule has 94 valence electrons. The van der Waals surface area contributed by atoms with Crippen molar-refractivity contribution in [3.05, 3.63) is 35.9 Å². The van der Waals surface area contributed by atoms with Gasteiger partial charge in [-0.15, -0.1) is 0 Å². The molecule has 0 radical (unpaired) electrons. The Kier molecular flexibility index (Phi) is 4.22. The highest BCUT2D eigenvalue weighted by Crippen LogP contribution is 2.46. The van der Waals surface area contributed by atoms with E-state index in [0.29, 0.717) is 11.3 Å². The molecule has 1 heterocycles. The summed E-state index contributed by atoms with van der Waals surface area (Å²) in [6.07, 6.45) is 5.31. The maximum Gasteiger partial charge on any atom is 0.00255 e. The Hall–Kier alpha value is -0.820. The van der Waals surface area contributed by atoms with Gasteiger partial charge < -0.3 is 5.32 Å². The van der Waals surface area contributed by atoms with Gasteiger partial charge in [0.15, 0.2) is 0 Å². The minimum Gasteiger partial charge on any atom is -0.316 e. The van der Waals surface area contributed by atoms with Crippen LogP contribution in [0.5, 0.6) is 0 Å². The minimum atomic E-state index is 0.529. The van der Waals surface area contributed by atoms with E-state index in [-0.39, 0.29) is 0 Å². The van der Waals surface area contributed by atoms with Gasteiger partial charge in [0.05, 0.1) is 0 Å². The largest absolute Gasteiger partial charge is 0.316 e. The topological polar surface area (TPSA) is 12.0 Å². The van der Waals surface area contributed by atoms with Crippen LogP contribution in [0, 0.1) is 5.41 Å². The van der Waals surface area contributed by atoms with Gasteiger partial charge in [-0.3, -0.25) is 0 Å². The number of rotatable bonds is 4. The standard InChI is InChI=1S/C16H25N/c1-3-10-16(4-2)11-12-17-13-15(16)14-8-6-5-7-9-14/h5-9,15,17H,3-4,10-13H2,1-2H3. The fourth-order valence-corrected chi connectivity index (χ4v) is 3.53. The zero-order valence-electron chi connectivity index (χ0n) is 11.2. The van der Waals surface area contributed by atoms with Gasteiger partial charge in [-0.25, -0.2) is 0 Å². The Balaban J connectivity index is 2.28. The third kappa shape index (κ3) is 2.55. The van der Waals surface area contributed by atoms with Crippen molar-refractivity contribution in [3.8, 4) is 0 Å². The molecular weight excluding hydrogens is 206 g/mol. The first-order chi connectivity index (χ1) is 8.32. The van der Waals surface area contributed by atoms with E-state index in [9.17, 15) is 0 Å². The molecule has 1 heteroatoms. The molecule has 0 aromatic heterocycles. The molecule has 1 N–H and O–H groups in total. The quantitative estimate of drug-likeness (QED) is 0.827. The molecular formula is C16H25N. The lowest BCUT2D eigenvalue weighted by Gasteiger charge is -2.44. The summed E-state index contributed by atoms with van der Waals surface area (Å²) in [6.45, 7) is 7.04. The lowest BCUT2D eigenvalue weighted by molar-refractivity contribution is 0.139. The van der Waals surface area contributed by atoms with E-state index < -0.39 is 0 Å². The summed E-state index contributed by atoms with van der Waals surface area (Å²) in [5.74, 6) is 0.697. The van der Waals surface area contributed by atoms with Crippen LogP contribution >= 0.6 is 0 Å². The SMILES string of the molecule is CCCC1(CC)CCNCC1c1ccccc1. The van der Waals surface area contributed by atoms with E-state index in [0.717, 1.165) is 6.54 Å². The van der Waals surface area contributed by atoms with Crippen LogP contribution in [-0.2, 0) is 0 Å². The normalized spacial score (nSPS) is 29.2. The van der Waals surface area contributed by atoms with Crippen molar-refractivity contribution in [3.63, 3.8) is 0 Å². The summed E-state index contributed by atoms with van der Waals surface area (Å²) in [5.41, 5.74) is 2.05. The van der Waals surface area contributed by atoms with Gasteiger partial charge in [0.25, 0.3) is 0 Å². The second-order valence-corrected chi connectivity index (χ2v) is 5.38. The predicted molar refractivity (Wildman–Crippen MR) is 74.3 cm³/mol. The fraction of sp³-hybridized carbons (Fsp3) is 0.625. The predicted octanol–water partition coefficient (Wildman–Crippen LogP) is 3.96. The van der Waals surface area contributed by atoms with Crippen LogP contribution in [-0.4, -0.2) is 13.1 Å². The first-order valence-electron chi connectivity index (χ1n) is 7.08. The van der Waals surface area contributed by atoms with E-state index in [4.69, 9.17) is 0 Å². The zero-order valence-corrected chi connectivity index (χ0v) is 11.2. The van der Waals surface area contributed by atoms with Crippen molar-refractivity contribution in [1.29, 1.82) is 0 Å². The smallest absolute Gasteiger partial charge is 0.00255 e. The summed E-state index contributed by atoms with van der Waals surface area (Å²) in [5, 5.41) is 3.58. The highest BCUT2D eigenvalue weighted by Gasteiger charge is 2.38. The van der Waals surface area contributed by atoms with Gasteiger partial charge in [-0.05, 0) is 36.8 Å². The molecule has 2 atom stereocenters. The van der Waals surface area contributed by atoms with Gasteiger partial charge in [0.2, 0.25) is 0 Å². The molecule has 1 saturated heterocycles. The monoisotopic (exact) mass is 231 g/mol.